The molecule has 0 amide bonds. The second-order valence-corrected chi connectivity index (χ2v) is 11.2. The highest BCUT2D eigenvalue weighted by atomic mass is 35.5. The Hall–Kier alpha value is -1.68. The molecule has 4 rings (SSSR count). The molecule has 0 unspecified atom stereocenters. The van der Waals surface area contributed by atoms with E-state index in [0.29, 0.717) is 24.8 Å². The van der Waals surface area contributed by atoms with E-state index in [0.717, 1.165) is 31.9 Å². The number of halogens is 4. The minimum absolute atomic E-state index is 0.00683. The van der Waals surface area contributed by atoms with Gasteiger partial charge in [-0.3, -0.25) is 4.72 Å². The van der Waals surface area contributed by atoms with Crippen molar-refractivity contribution in [3.05, 3.63) is 46.1 Å². The summed E-state index contributed by atoms with van der Waals surface area (Å²) in [6, 6.07) is 5.39. The molecule has 0 aliphatic carbocycles. The number of likely N-dealkylation sites (tertiary alicyclic amines) is 1. The first-order chi connectivity index (χ1) is 15.0. The van der Waals surface area contributed by atoms with Crippen LogP contribution in [-0.2, 0) is 10.0 Å². The van der Waals surface area contributed by atoms with Gasteiger partial charge in [0.05, 0.1) is 10.7 Å². The maximum absolute atomic E-state index is 15.2. The minimum atomic E-state index is -4.49. The van der Waals surface area contributed by atoms with Gasteiger partial charge in [0.2, 0.25) is 5.95 Å². The zero-order valence-corrected chi connectivity index (χ0v) is 20.0. The second-order valence-electron chi connectivity index (χ2n) is 8.75. The molecule has 1 N–H and O–H groups in total. The molecule has 0 spiro atoms. The van der Waals surface area contributed by atoms with Gasteiger partial charge in [-0.1, -0.05) is 36.2 Å². The number of nitrogens with one attached hydrogen (secondary N) is 1. The molecule has 1 aromatic heterocycles. The van der Waals surface area contributed by atoms with Crippen molar-refractivity contribution in [1.82, 2.24) is 9.88 Å². The van der Waals surface area contributed by atoms with Crippen LogP contribution in [0.3, 0.4) is 0 Å². The summed E-state index contributed by atoms with van der Waals surface area (Å²) < 4.78 is 56.2. The Bertz CT molecular complexity index is 1150. The van der Waals surface area contributed by atoms with Crippen molar-refractivity contribution in [2.45, 2.75) is 37.1 Å². The molecule has 2 aliphatic rings. The van der Waals surface area contributed by atoms with E-state index < -0.39 is 26.7 Å². The van der Waals surface area contributed by atoms with Gasteiger partial charge in [-0.05, 0) is 51.1 Å². The average molecular weight is 505 g/mol. The minimum Gasteiger partial charge on any atom is -0.370 e. The van der Waals surface area contributed by atoms with Crippen LogP contribution >= 0.6 is 23.2 Å². The van der Waals surface area contributed by atoms with Gasteiger partial charge in [0.15, 0.2) is 5.82 Å². The third-order valence-electron chi connectivity index (χ3n) is 6.49. The Morgan fingerprint density at radius 2 is 2.00 bits per heavy atom. The topological polar surface area (TPSA) is 65.5 Å². The molecule has 0 bridgehead atoms. The van der Waals surface area contributed by atoms with Gasteiger partial charge in [-0.25, -0.2) is 17.8 Å². The first-order valence-corrected chi connectivity index (χ1v) is 12.5. The number of anilines is 2. The van der Waals surface area contributed by atoms with Gasteiger partial charge >= 0.3 is 0 Å². The van der Waals surface area contributed by atoms with Crippen molar-refractivity contribution >= 4 is 44.7 Å². The molecule has 6 nitrogen and oxygen atoms in total. The van der Waals surface area contributed by atoms with Crippen LogP contribution < -0.4 is 9.62 Å². The van der Waals surface area contributed by atoms with Gasteiger partial charge in [-0.15, -0.1) is 0 Å². The highest BCUT2D eigenvalue weighted by Gasteiger charge is 2.44. The standard InChI is InChI=1S/C21H24Cl2F2N4O2S/c1-21(15-5-4-9-28(15)2)8-10-29(12-21)14-11-13(22)20(19(25)18(14)23)32(30,31)27-17-7-3-6-16(24)26-17/h3,6-7,11,15H,4-5,8-10,12H2,1-2H3,(H,26,27)/t15-,21+/m0/s1. The predicted octanol–water partition coefficient (Wildman–Crippen LogP) is 4.78. The summed E-state index contributed by atoms with van der Waals surface area (Å²) in [6.07, 6.45) is 3.17. The molecular weight excluding hydrogens is 481 g/mol. The van der Waals surface area contributed by atoms with Crippen LogP contribution in [-0.4, -0.2) is 51.0 Å². The van der Waals surface area contributed by atoms with Crippen molar-refractivity contribution in [2.24, 2.45) is 5.41 Å². The summed E-state index contributed by atoms with van der Waals surface area (Å²) in [6.45, 7) is 4.60. The predicted molar refractivity (Wildman–Crippen MR) is 122 cm³/mol. The maximum atomic E-state index is 15.2. The molecule has 11 heteroatoms. The quantitative estimate of drug-likeness (QED) is 0.468. The molecule has 32 heavy (non-hydrogen) atoms. The monoisotopic (exact) mass is 504 g/mol. The van der Waals surface area contributed by atoms with Gasteiger partial charge < -0.3 is 9.80 Å². The average Bonchev–Trinajstić information content (AvgIpc) is 3.31. The van der Waals surface area contributed by atoms with E-state index in [1.54, 1.807) is 0 Å². The molecule has 2 fully saturated rings. The molecule has 0 saturated carbocycles. The van der Waals surface area contributed by atoms with Crippen molar-refractivity contribution in [1.29, 1.82) is 0 Å². The Balaban J connectivity index is 1.63. The molecular formula is C21H24Cl2F2N4O2S. The first-order valence-electron chi connectivity index (χ1n) is 10.3. The number of sulfonamides is 1. The van der Waals surface area contributed by atoms with Gasteiger partial charge in [-0.2, -0.15) is 4.39 Å². The SMILES string of the molecule is CN1CCC[C@H]1[C@]1(C)CCN(c2cc(Cl)c(S(=O)(=O)Nc3cccc(F)n3)c(F)c2Cl)C1. The van der Waals surface area contributed by atoms with Crippen LogP contribution in [0.5, 0.6) is 0 Å². The smallest absolute Gasteiger partial charge is 0.267 e. The molecule has 2 aliphatic heterocycles. The number of nitrogens with zero attached hydrogens (tertiary/aromatic N) is 3. The van der Waals surface area contributed by atoms with E-state index in [9.17, 15) is 12.8 Å². The van der Waals surface area contributed by atoms with E-state index in [1.807, 2.05) is 9.62 Å². The number of hydrogen-bond donors (Lipinski definition) is 1. The Morgan fingerprint density at radius 1 is 1.25 bits per heavy atom. The summed E-state index contributed by atoms with van der Waals surface area (Å²) in [5, 5.41) is -0.622. The summed E-state index contributed by atoms with van der Waals surface area (Å²) in [5.74, 6) is -2.32. The summed E-state index contributed by atoms with van der Waals surface area (Å²) in [7, 11) is -2.37. The Labute approximate surface area is 196 Å². The van der Waals surface area contributed by atoms with E-state index >= 15 is 4.39 Å². The highest BCUT2D eigenvalue weighted by Crippen LogP contribution is 2.45. The van der Waals surface area contributed by atoms with Crippen molar-refractivity contribution < 1.29 is 17.2 Å². The van der Waals surface area contributed by atoms with E-state index in [-0.39, 0.29) is 21.3 Å². The van der Waals surface area contributed by atoms with E-state index in [1.165, 1.54) is 18.2 Å². The van der Waals surface area contributed by atoms with Crippen LogP contribution in [0.1, 0.15) is 26.2 Å². The fourth-order valence-corrected chi connectivity index (χ4v) is 6.91. The lowest BCUT2D eigenvalue weighted by atomic mass is 9.80. The zero-order chi connectivity index (χ0) is 23.3. The first kappa shape index (κ1) is 23.5. The third kappa shape index (κ3) is 4.27. The summed E-state index contributed by atoms with van der Waals surface area (Å²) in [4.78, 5) is 6.96. The third-order valence-corrected chi connectivity index (χ3v) is 8.67. The van der Waals surface area contributed by atoms with Crippen molar-refractivity contribution in [2.75, 3.05) is 36.3 Å². The normalized spacial score (nSPS) is 24.3. The lowest BCUT2D eigenvalue weighted by Crippen LogP contribution is -2.42. The Kier molecular flexibility index (Phi) is 6.30. The summed E-state index contributed by atoms with van der Waals surface area (Å²) in [5.41, 5.74) is 0.369. The number of hydrogen-bond acceptors (Lipinski definition) is 5. The fraction of sp³-hybridized carbons (Fsp3) is 0.476. The second kappa shape index (κ2) is 8.59. The largest absolute Gasteiger partial charge is 0.370 e. The Morgan fingerprint density at radius 3 is 2.66 bits per heavy atom. The molecule has 2 atom stereocenters. The number of aromatic nitrogens is 1. The number of rotatable bonds is 5. The lowest BCUT2D eigenvalue weighted by molar-refractivity contribution is 0.153. The summed E-state index contributed by atoms with van der Waals surface area (Å²) >= 11 is 12.6. The van der Waals surface area contributed by atoms with Crippen LogP contribution in [0.4, 0.5) is 20.3 Å². The zero-order valence-electron chi connectivity index (χ0n) is 17.7. The van der Waals surface area contributed by atoms with Crippen LogP contribution in [0.15, 0.2) is 29.2 Å². The van der Waals surface area contributed by atoms with Crippen LogP contribution in [0.2, 0.25) is 10.0 Å². The lowest BCUT2D eigenvalue weighted by Gasteiger charge is -2.36. The van der Waals surface area contributed by atoms with Gasteiger partial charge in [0, 0.05) is 24.5 Å². The molecule has 174 valence electrons. The van der Waals surface area contributed by atoms with Gasteiger partial charge in [0.25, 0.3) is 10.0 Å². The molecule has 2 saturated heterocycles. The van der Waals surface area contributed by atoms with E-state index in [4.69, 9.17) is 23.2 Å². The molecule has 2 aromatic rings. The fourth-order valence-electron chi connectivity index (χ4n) is 4.95. The van der Waals surface area contributed by atoms with Crippen LogP contribution in [0, 0.1) is 17.2 Å². The molecule has 1 aromatic carbocycles. The van der Waals surface area contributed by atoms with E-state index in [2.05, 4.69) is 23.9 Å². The molecule has 0 radical (unpaired) electrons. The highest BCUT2D eigenvalue weighted by molar-refractivity contribution is 7.92. The van der Waals surface area contributed by atoms with Crippen molar-refractivity contribution in [3.8, 4) is 0 Å². The van der Waals surface area contributed by atoms with Crippen LogP contribution in [0.25, 0.3) is 0 Å². The number of pyridine rings is 1. The van der Waals surface area contributed by atoms with Crippen molar-refractivity contribution in [3.63, 3.8) is 0 Å². The maximum Gasteiger partial charge on any atom is 0.267 e. The number of benzene rings is 1. The molecule has 3 heterocycles. The van der Waals surface area contributed by atoms with Gasteiger partial charge in [0.1, 0.15) is 15.7 Å².